The third-order valence-electron chi connectivity index (χ3n) is 6.33. The molecule has 3 rings (SSSR count). The van der Waals surface area contributed by atoms with Crippen molar-refractivity contribution < 1.29 is 40.7 Å². The second-order valence-electron chi connectivity index (χ2n) is 9.32. The van der Waals surface area contributed by atoms with Gasteiger partial charge in [0, 0.05) is 30.3 Å². The second kappa shape index (κ2) is 12.8. The lowest BCUT2D eigenvalue weighted by Gasteiger charge is -2.27. The number of rotatable bonds is 7. The number of nitrogens with zero attached hydrogens (tertiary/aromatic N) is 1. The summed E-state index contributed by atoms with van der Waals surface area (Å²) in [6, 6.07) is 5.32. The van der Waals surface area contributed by atoms with E-state index < -0.39 is 52.9 Å². The molecule has 1 fully saturated rings. The summed E-state index contributed by atoms with van der Waals surface area (Å²) in [7, 11) is 1.21. The summed E-state index contributed by atoms with van der Waals surface area (Å²) in [4.78, 5) is 38.9. The fourth-order valence-corrected chi connectivity index (χ4v) is 4.25. The van der Waals surface area contributed by atoms with Crippen LogP contribution >= 0.6 is 11.6 Å². The first-order chi connectivity index (χ1) is 18.6. The van der Waals surface area contributed by atoms with Crippen molar-refractivity contribution in [3.63, 3.8) is 0 Å². The van der Waals surface area contributed by atoms with Gasteiger partial charge in [0.2, 0.25) is 11.8 Å². The van der Waals surface area contributed by atoms with E-state index in [-0.39, 0.29) is 18.4 Å². The maximum absolute atomic E-state index is 13.3. The van der Waals surface area contributed by atoms with E-state index in [1.165, 1.54) is 13.1 Å². The summed E-state index contributed by atoms with van der Waals surface area (Å²) in [6.07, 6.45) is -5.92. The molecule has 0 radical (unpaired) electrons. The predicted octanol–water partition coefficient (Wildman–Crippen LogP) is 5.40. The molecular formula is C27H26ClF6N3O3. The first kappa shape index (κ1) is 31.0. The molecule has 0 spiro atoms. The highest BCUT2D eigenvalue weighted by Crippen LogP contribution is 2.36. The first-order valence-corrected chi connectivity index (χ1v) is 12.6. The topological polar surface area (TPSA) is 78.5 Å². The van der Waals surface area contributed by atoms with Crippen molar-refractivity contribution in [2.24, 2.45) is 0 Å². The minimum Gasteiger partial charge on any atom is -0.354 e. The Labute approximate surface area is 231 Å². The molecule has 1 aliphatic heterocycles. The zero-order valence-electron chi connectivity index (χ0n) is 21.2. The van der Waals surface area contributed by atoms with Crippen LogP contribution in [-0.4, -0.2) is 48.3 Å². The Morgan fingerprint density at radius 3 is 2.23 bits per heavy atom. The van der Waals surface area contributed by atoms with Crippen LogP contribution in [0.15, 0.2) is 54.6 Å². The van der Waals surface area contributed by atoms with Gasteiger partial charge in [0.15, 0.2) is 0 Å². The molecule has 2 aromatic carbocycles. The Morgan fingerprint density at radius 2 is 1.65 bits per heavy atom. The molecule has 6 nitrogen and oxygen atoms in total. The van der Waals surface area contributed by atoms with Gasteiger partial charge in [-0.1, -0.05) is 29.8 Å². The van der Waals surface area contributed by atoms with Crippen molar-refractivity contribution in [1.29, 1.82) is 0 Å². The van der Waals surface area contributed by atoms with Crippen LogP contribution in [0.25, 0.3) is 0 Å². The minimum absolute atomic E-state index is 0.0538. The van der Waals surface area contributed by atoms with E-state index in [0.717, 1.165) is 17.4 Å². The standard InChI is InChI=1S/C27H26ClF6N3O3/c1-37(25(40)17-13-18(26(29,30)31)15-19(14-17)27(32,33)34)21(12-16-5-7-20(28)8-6-16)9-10-23(38)36-22-4-2-3-11-35-24(22)39/h5-10,13-15,21-22H,2-4,11-12H2,1H3,(H,35,39)(H,36,38)/b10-9+/t21-,22+/m1/s1. The van der Waals surface area contributed by atoms with Crippen LogP contribution in [-0.2, 0) is 28.4 Å². The van der Waals surface area contributed by atoms with Gasteiger partial charge in [-0.25, -0.2) is 0 Å². The summed E-state index contributed by atoms with van der Waals surface area (Å²) in [5.41, 5.74) is -3.43. The van der Waals surface area contributed by atoms with Crippen LogP contribution < -0.4 is 10.6 Å². The van der Waals surface area contributed by atoms with Gasteiger partial charge in [-0.05, 0) is 61.6 Å². The normalized spacial score (nSPS) is 17.2. The smallest absolute Gasteiger partial charge is 0.354 e. The van der Waals surface area contributed by atoms with Gasteiger partial charge in [-0.3, -0.25) is 14.4 Å². The summed E-state index contributed by atoms with van der Waals surface area (Å²) in [6.45, 7) is 0.489. The number of halogens is 7. The van der Waals surface area contributed by atoms with Crippen molar-refractivity contribution in [2.45, 2.75) is 50.1 Å². The molecule has 1 aliphatic rings. The average molecular weight is 590 g/mol. The molecule has 13 heteroatoms. The maximum Gasteiger partial charge on any atom is 0.416 e. The first-order valence-electron chi connectivity index (χ1n) is 12.2. The summed E-state index contributed by atoms with van der Waals surface area (Å²) in [5.74, 6) is -2.11. The van der Waals surface area contributed by atoms with Crippen molar-refractivity contribution in [3.8, 4) is 0 Å². The van der Waals surface area contributed by atoms with E-state index in [0.29, 0.717) is 42.1 Å². The van der Waals surface area contributed by atoms with E-state index in [9.17, 15) is 40.7 Å². The second-order valence-corrected chi connectivity index (χ2v) is 9.75. The van der Waals surface area contributed by atoms with Crippen LogP contribution in [0.5, 0.6) is 0 Å². The van der Waals surface area contributed by atoms with Crippen molar-refractivity contribution in [3.05, 3.63) is 81.9 Å². The van der Waals surface area contributed by atoms with Crippen LogP contribution in [0.4, 0.5) is 26.3 Å². The Morgan fingerprint density at radius 1 is 1.05 bits per heavy atom. The Balaban J connectivity index is 1.91. The van der Waals surface area contributed by atoms with E-state index in [1.807, 2.05) is 0 Å². The van der Waals surface area contributed by atoms with Gasteiger partial charge in [-0.2, -0.15) is 26.3 Å². The fourth-order valence-electron chi connectivity index (χ4n) is 4.12. The van der Waals surface area contributed by atoms with Crippen LogP contribution in [0.2, 0.25) is 5.02 Å². The third-order valence-corrected chi connectivity index (χ3v) is 6.58. The quantitative estimate of drug-likeness (QED) is 0.335. The number of alkyl halides is 6. The Bertz CT molecular complexity index is 1230. The van der Waals surface area contributed by atoms with E-state index in [1.54, 1.807) is 24.3 Å². The maximum atomic E-state index is 13.3. The predicted molar refractivity (Wildman–Crippen MR) is 135 cm³/mol. The van der Waals surface area contributed by atoms with Gasteiger partial charge in [0.1, 0.15) is 6.04 Å². The highest BCUT2D eigenvalue weighted by Gasteiger charge is 2.38. The van der Waals surface area contributed by atoms with Crippen molar-refractivity contribution in [2.75, 3.05) is 13.6 Å². The lowest BCUT2D eigenvalue weighted by atomic mass is 10.0. The number of nitrogens with one attached hydrogen (secondary N) is 2. The molecule has 0 unspecified atom stereocenters. The summed E-state index contributed by atoms with van der Waals surface area (Å²) >= 11 is 5.92. The number of hydrogen-bond acceptors (Lipinski definition) is 3. The molecule has 2 aromatic rings. The Hall–Kier alpha value is -3.54. The molecule has 0 bridgehead atoms. The number of carbonyl (C=O) groups excluding carboxylic acids is 3. The van der Waals surface area contributed by atoms with E-state index in [2.05, 4.69) is 10.6 Å². The fraction of sp³-hybridized carbons (Fsp3) is 0.370. The van der Waals surface area contributed by atoms with Gasteiger partial charge in [0.05, 0.1) is 17.2 Å². The molecular weight excluding hydrogens is 564 g/mol. The third kappa shape index (κ3) is 8.48. The van der Waals surface area contributed by atoms with E-state index in [4.69, 9.17) is 11.6 Å². The number of hydrogen-bond donors (Lipinski definition) is 2. The lowest BCUT2D eigenvalue weighted by molar-refractivity contribution is -0.143. The number of carbonyl (C=O) groups is 3. The molecule has 1 heterocycles. The van der Waals surface area contributed by atoms with Crippen LogP contribution in [0, 0.1) is 0 Å². The number of likely N-dealkylation sites (N-methyl/N-ethyl adjacent to an activating group) is 1. The Kier molecular flexibility index (Phi) is 9.88. The van der Waals surface area contributed by atoms with Gasteiger partial charge in [-0.15, -0.1) is 0 Å². The molecule has 0 saturated carbocycles. The van der Waals surface area contributed by atoms with Crippen LogP contribution in [0.1, 0.15) is 46.3 Å². The number of benzene rings is 2. The zero-order valence-corrected chi connectivity index (χ0v) is 22.0. The van der Waals surface area contributed by atoms with Crippen LogP contribution in [0.3, 0.4) is 0 Å². The highest BCUT2D eigenvalue weighted by atomic mass is 35.5. The largest absolute Gasteiger partial charge is 0.416 e. The van der Waals surface area contributed by atoms with E-state index >= 15 is 0 Å². The van der Waals surface area contributed by atoms with Gasteiger partial charge in [0.25, 0.3) is 5.91 Å². The van der Waals surface area contributed by atoms with Crippen molar-refractivity contribution in [1.82, 2.24) is 15.5 Å². The van der Waals surface area contributed by atoms with Crippen molar-refractivity contribution >= 4 is 29.3 Å². The molecule has 2 atom stereocenters. The monoisotopic (exact) mass is 589 g/mol. The van der Waals surface area contributed by atoms with Gasteiger partial charge < -0.3 is 15.5 Å². The van der Waals surface area contributed by atoms with Gasteiger partial charge >= 0.3 is 12.4 Å². The zero-order chi connectivity index (χ0) is 29.7. The minimum atomic E-state index is -5.13. The number of amides is 3. The molecule has 1 saturated heterocycles. The molecule has 2 N–H and O–H groups in total. The molecule has 40 heavy (non-hydrogen) atoms. The average Bonchev–Trinajstić information content (AvgIpc) is 3.09. The molecule has 0 aromatic heterocycles. The molecule has 3 amide bonds. The summed E-state index contributed by atoms with van der Waals surface area (Å²) in [5, 5.41) is 5.68. The summed E-state index contributed by atoms with van der Waals surface area (Å²) < 4.78 is 80.1. The highest BCUT2D eigenvalue weighted by molar-refractivity contribution is 6.30. The molecule has 0 aliphatic carbocycles. The SMILES string of the molecule is CN(C(=O)c1cc(C(F)(F)F)cc(C(F)(F)F)c1)[C@H](/C=C/C(=O)N[C@H]1CCCCNC1=O)Cc1ccc(Cl)cc1. The lowest BCUT2D eigenvalue weighted by Crippen LogP contribution is -2.45. The molecule has 216 valence electrons.